The average molecular weight is 500 g/mol. The number of carbonyl (C=O) groups excluding carboxylic acids is 1. The third kappa shape index (κ3) is 4.73. The van der Waals surface area contributed by atoms with Crippen LogP contribution in [0.15, 0.2) is 76.4 Å². The summed E-state index contributed by atoms with van der Waals surface area (Å²) < 4.78 is 43.5. The molecule has 0 spiro atoms. The number of aromatic nitrogens is 1. The molecule has 34 heavy (non-hydrogen) atoms. The number of aryl methyl sites for hydroxylation is 2. The van der Waals surface area contributed by atoms with E-state index in [2.05, 4.69) is 5.32 Å². The molecule has 10 heteroatoms. The van der Waals surface area contributed by atoms with Gasteiger partial charge in [-0.3, -0.25) is 18.5 Å². The van der Waals surface area contributed by atoms with Gasteiger partial charge in [0.1, 0.15) is 12.4 Å². The average Bonchev–Trinajstić information content (AvgIpc) is 3.12. The quantitative estimate of drug-likeness (QED) is 0.409. The summed E-state index contributed by atoms with van der Waals surface area (Å²) in [5.74, 6) is -1.10. The molecule has 0 aliphatic carbocycles. The zero-order chi connectivity index (χ0) is 24.5. The molecule has 0 radical (unpaired) electrons. The maximum atomic E-state index is 13.5. The van der Waals surface area contributed by atoms with Crippen LogP contribution in [-0.4, -0.2) is 25.4 Å². The largest absolute Gasteiger partial charge is 0.324 e. The number of amides is 1. The van der Waals surface area contributed by atoms with E-state index in [0.717, 1.165) is 38.9 Å². The topological polar surface area (TPSA) is 88.5 Å². The van der Waals surface area contributed by atoms with Crippen LogP contribution < -0.4 is 14.5 Å². The number of hydrogen-bond donors (Lipinski definition) is 1. The summed E-state index contributed by atoms with van der Waals surface area (Å²) in [7, 11) is -4.10. The van der Waals surface area contributed by atoms with Gasteiger partial charge in [-0.1, -0.05) is 29.0 Å². The van der Waals surface area contributed by atoms with Gasteiger partial charge in [0, 0.05) is 12.2 Å². The highest BCUT2D eigenvalue weighted by Gasteiger charge is 2.27. The Labute approximate surface area is 200 Å². The Morgan fingerprint density at radius 3 is 2.38 bits per heavy atom. The number of nitrogens with zero attached hydrogens (tertiary/aromatic N) is 2. The molecule has 1 amide bonds. The SMILES string of the molecule is CCn1c(=O)sc2cc(NC(=O)CN(c3ccc(F)cc3)S(=O)(=O)c3ccc(C)cc3)ccc21. The van der Waals surface area contributed by atoms with Gasteiger partial charge in [-0.25, -0.2) is 12.8 Å². The first kappa shape index (κ1) is 23.7. The van der Waals surface area contributed by atoms with Crippen LogP contribution in [0, 0.1) is 12.7 Å². The summed E-state index contributed by atoms with van der Waals surface area (Å²) >= 11 is 1.07. The number of fused-ring (bicyclic) bond motifs is 1. The molecule has 0 aliphatic rings. The second-order valence-corrected chi connectivity index (χ2v) is 10.5. The van der Waals surface area contributed by atoms with E-state index in [4.69, 9.17) is 0 Å². The highest BCUT2D eigenvalue weighted by molar-refractivity contribution is 7.92. The summed E-state index contributed by atoms with van der Waals surface area (Å²) in [6.45, 7) is 3.73. The lowest BCUT2D eigenvalue weighted by atomic mass is 10.2. The molecule has 4 aromatic rings. The lowest BCUT2D eigenvalue weighted by Crippen LogP contribution is -2.38. The van der Waals surface area contributed by atoms with E-state index in [-0.39, 0.29) is 15.5 Å². The van der Waals surface area contributed by atoms with Crippen molar-refractivity contribution in [3.8, 4) is 0 Å². The molecule has 0 saturated heterocycles. The van der Waals surface area contributed by atoms with Crippen molar-refractivity contribution in [2.75, 3.05) is 16.2 Å². The first-order valence-electron chi connectivity index (χ1n) is 10.5. The first-order valence-corrected chi connectivity index (χ1v) is 12.7. The molecular formula is C24H22FN3O4S2. The van der Waals surface area contributed by atoms with Crippen molar-refractivity contribution in [1.82, 2.24) is 4.57 Å². The molecule has 3 aromatic carbocycles. The van der Waals surface area contributed by atoms with Crippen molar-refractivity contribution in [3.63, 3.8) is 0 Å². The predicted octanol–water partition coefficient (Wildman–Crippen LogP) is 4.36. The molecular weight excluding hydrogens is 477 g/mol. The Bertz CT molecular complexity index is 1510. The number of benzene rings is 3. The highest BCUT2D eigenvalue weighted by Crippen LogP contribution is 2.25. The third-order valence-corrected chi connectivity index (χ3v) is 8.01. The molecule has 7 nitrogen and oxygen atoms in total. The van der Waals surface area contributed by atoms with Crippen molar-refractivity contribution in [1.29, 1.82) is 0 Å². The number of thiazole rings is 1. The number of rotatable bonds is 7. The van der Waals surface area contributed by atoms with Gasteiger partial charge in [-0.15, -0.1) is 0 Å². The van der Waals surface area contributed by atoms with Crippen molar-refractivity contribution in [3.05, 3.63) is 87.8 Å². The standard InChI is InChI=1S/C24H22FN3O4S2/c1-3-27-21-13-8-18(14-22(21)33-24(27)30)26-23(29)15-28(19-9-6-17(25)7-10-19)34(31,32)20-11-4-16(2)5-12-20/h4-14H,3,15H2,1-2H3,(H,26,29). The Hall–Kier alpha value is -3.50. The number of carbonyl (C=O) groups is 1. The molecule has 1 aromatic heterocycles. The van der Waals surface area contributed by atoms with Crippen LogP contribution in [-0.2, 0) is 21.4 Å². The van der Waals surface area contributed by atoms with Crippen LogP contribution in [0.3, 0.4) is 0 Å². The second kappa shape index (κ2) is 9.40. The van der Waals surface area contributed by atoms with E-state index in [9.17, 15) is 22.4 Å². The molecule has 0 fully saturated rings. The summed E-state index contributed by atoms with van der Waals surface area (Å²) in [5, 5.41) is 2.70. The van der Waals surface area contributed by atoms with E-state index >= 15 is 0 Å². The Morgan fingerprint density at radius 2 is 1.74 bits per heavy atom. The fourth-order valence-electron chi connectivity index (χ4n) is 3.53. The van der Waals surface area contributed by atoms with Gasteiger partial charge in [0.05, 0.1) is 20.8 Å². The monoisotopic (exact) mass is 499 g/mol. The molecule has 0 bridgehead atoms. The summed E-state index contributed by atoms with van der Waals surface area (Å²) in [5.41, 5.74) is 2.25. The Balaban J connectivity index is 1.64. The van der Waals surface area contributed by atoms with E-state index in [1.54, 1.807) is 34.9 Å². The molecule has 1 N–H and O–H groups in total. The third-order valence-electron chi connectivity index (χ3n) is 5.28. The van der Waals surface area contributed by atoms with Crippen LogP contribution in [0.2, 0.25) is 0 Å². The number of sulfonamides is 1. The number of halogens is 1. The van der Waals surface area contributed by atoms with E-state index < -0.39 is 28.3 Å². The molecule has 0 aliphatic heterocycles. The summed E-state index contributed by atoms with van der Waals surface area (Å²) in [6, 6.07) is 16.2. The van der Waals surface area contributed by atoms with E-state index in [1.807, 2.05) is 13.8 Å². The fraction of sp³-hybridized carbons (Fsp3) is 0.167. The number of hydrogen-bond acceptors (Lipinski definition) is 5. The van der Waals surface area contributed by atoms with Gasteiger partial charge >= 0.3 is 4.87 Å². The molecule has 4 rings (SSSR count). The van der Waals surface area contributed by atoms with Crippen LogP contribution in [0.4, 0.5) is 15.8 Å². The van der Waals surface area contributed by atoms with Gasteiger partial charge in [0.15, 0.2) is 0 Å². The van der Waals surface area contributed by atoms with Gasteiger partial charge in [0.2, 0.25) is 5.91 Å². The lowest BCUT2D eigenvalue weighted by molar-refractivity contribution is -0.114. The van der Waals surface area contributed by atoms with Crippen molar-refractivity contribution >= 4 is 48.9 Å². The number of nitrogens with one attached hydrogen (secondary N) is 1. The Morgan fingerprint density at radius 1 is 1.06 bits per heavy atom. The maximum absolute atomic E-state index is 13.5. The summed E-state index contributed by atoms with van der Waals surface area (Å²) in [4.78, 5) is 24.9. The van der Waals surface area contributed by atoms with Gasteiger partial charge in [-0.05, 0) is 68.4 Å². The van der Waals surface area contributed by atoms with Crippen molar-refractivity contribution in [2.24, 2.45) is 0 Å². The molecule has 0 unspecified atom stereocenters. The lowest BCUT2D eigenvalue weighted by Gasteiger charge is -2.24. The highest BCUT2D eigenvalue weighted by atomic mass is 32.2. The van der Waals surface area contributed by atoms with Gasteiger partial charge in [0.25, 0.3) is 10.0 Å². The van der Waals surface area contributed by atoms with Crippen LogP contribution >= 0.6 is 11.3 Å². The minimum atomic E-state index is -4.10. The fourth-order valence-corrected chi connectivity index (χ4v) is 5.95. The zero-order valence-corrected chi connectivity index (χ0v) is 20.1. The maximum Gasteiger partial charge on any atom is 0.308 e. The predicted molar refractivity (Wildman–Crippen MR) is 132 cm³/mol. The normalized spacial score (nSPS) is 11.5. The Kier molecular flexibility index (Phi) is 6.54. The van der Waals surface area contributed by atoms with Crippen molar-refractivity contribution in [2.45, 2.75) is 25.3 Å². The van der Waals surface area contributed by atoms with E-state index in [1.165, 1.54) is 24.3 Å². The van der Waals surface area contributed by atoms with Crippen molar-refractivity contribution < 1.29 is 17.6 Å². The molecule has 1 heterocycles. The number of anilines is 2. The minimum absolute atomic E-state index is 0.0160. The minimum Gasteiger partial charge on any atom is -0.324 e. The zero-order valence-electron chi connectivity index (χ0n) is 18.5. The van der Waals surface area contributed by atoms with Crippen LogP contribution in [0.5, 0.6) is 0 Å². The molecule has 176 valence electrons. The first-order chi connectivity index (χ1) is 16.2. The molecule has 0 atom stereocenters. The van der Waals surface area contributed by atoms with Crippen LogP contribution in [0.1, 0.15) is 12.5 Å². The summed E-state index contributed by atoms with van der Waals surface area (Å²) in [6.07, 6.45) is 0. The smallest absolute Gasteiger partial charge is 0.308 e. The van der Waals surface area contributed by atoms with Gasteiger partial charge in [-0.2, -0.15) is 0 Å². The van der Waals surface area contributed by atoms with Crippen LogP contribution in [0.25, 0.3) is 10.2 Å². The van der Waals surface area contributed by atoms with Gasteiger partial charge < -0.3 is 5.32 Å². The second-order valence-electron chi connectivity index (χ2n) is 7.64. The van der Waals surface area contributed by atoms with E-state index in [0.29, 0.717) is 16.9 Å². The molecule has 0 saturated carbocycles.